The molecule has 0 bridgehead atoms. The summed E-state index contributed by atoms with van der Waals surface area (Å²) in [5.41, 5.74) is 0. The Balaban J connectivity index is 3.60. The molecule has 14 heavy (non-hydrogen) atoms. The highest BCUT2D eigenvalue weighted by Crippen LogP contribution is 2.14. The minimum atomic E-state index is 0.760. The standard InChI is InChI=1S/C14H24/c1-4-7-9-11-13-14(6-3)12-10-8-5-2/h4,7-8,11,13-14H,1,5-6,9-10,12H2,2-3H3. The molecule has 0 aromatic carbocycles. The van der Waals surface area contributed by atoms with E-state index in [-0.39, 0.29) is 0 Å². The average molecular weight is 192 g/mol. The molecule has 0 amide bonds. The van der Waals surface area contributed by atoms with Crippen LogP contribution in [0.25, 0.3) is 0 Å². The van der Waals surface area contributed by atoms with E-state index in [2.05, 4.69) is 45.4 Å². The Labute approximate surface area is 90.1 Å². The maximum absolute atomic E-state index is 3.66. The summed E-state index contributed by atoms with van der Waals surface area (Å²) in [4.78, 5) is 0. The summed E-state index contributed by atoms with van der Waals surface area (Å²) in [6.07, 6.45) is 16.9. The number of hydrogen-bond acceptors (Lipinski definition) is 0. The van der Waals surface area contributed by atoms with Crippen LogP contribution in [0.4, 0.5) is 0 Å². The lowest BCUT2D eigenvalue weighted by Crippen LogP contribution is -1.94. The van der Waals surface area contributed by atoms with Crippen LogP contribution in [-0.4, -0.2) is 0 Å². The van der Waals surface area contributed by atoms with Crippen molar-refractivity contribution in [1.82, 2.24) is 0 Å². The van der Waals surface area contributed by atoms with E-state index in [1.165, 1.54) is 25.7 Å². The van der Waals surface area contributed by atoms with E-state index in [1.54, 1.807) is 0 Å². The van der Waals surface area contributed by atoms with Gasteiger partial charge in [-0.1, -0.05) is 44.6 Å². The molecular weight excluding hydrogens is 168 g/mol. The second-order valence-electron chi connectivity index (χ2n) is 3.58. The Bertz CT molecular complexity index is 153. The van der Waals surface area contributed by atoms with Gasteiger partial charge in [-0.25, -0.2) is 0 Å². The molecule has 1 atom stereocenters. The second kappa shape index (κ2) is 10.6. The normalized spacial score (nSPS) is 14.2. The molecule has 1 unspecified atom stereocenters. The molecule has 0 aliphatic rings. The fourth-order valence-corrected chi connectivity index (χ4v) is 1.42. The van der Waals surface area contributed by atoms with E-state index in [9.17, 15) is 0 Å². The molecular formula is C14H24. The van der Waals surface area contributed by atoms with Crippen molar-refractivity contribution in [3.63, 3.8) is 0 Å². The van der Waals surface area contributed by atoms with Gasteiger partial charge in [-0.3, -0.25) is 0 Å². The first-order valence-corrected chi connectivity index (χ1v) is 5.77. The van der Waals surface area contributed by atoms with Crippen LogP contribution in [0, 0.1) is 19.3 Å². The van der Waals surface area contributed by atoms with E-state index in [0.717, 1.165) is 12.3 Å². The molecule has 0 heteroatoms. The molecule has 0 saturated heterocycles. The number of rotatable bonds is 8. The molecule has 0 aliphatic heterocycles. The van der Waals surface area contributed by atoms with Crippen molar-refractivity contribution in [2.75, 3.05) is 0 Å². The van der Waals surface area contributed by atoms with Gasteiger partial charge < -0.3 is 0 Å². The highest BCUT2D eigenvalue weighted by molar-refractivity contribution is 4.96. The maximum atomic E-state index is 3.66. The van der Waals surface area contributed by atoms with Crippen LogP contribution in [0.3, 0.4) is 0 Å². The summed E-state index contributed by atoms with van der Waals surface area (Å²) in [5, 5.41) is 0. The van der Waals surface area contributed by atoms with Crippen LogP contribution < -0.4 is 0 Å². The summed E-state index contributed by atoms with van der Waals surface area (Å²) in [7, 11) is 0. The van der Waals surface area contributed by atoms with E-state index < -0.39 is 0 Å². The quantitative estimate of drug-likeness (QED) is 0.385. The van der Waals surface area contributed by atoms with Gasteiger partial charge in [0.05, 0.1) is 0 Å². The second-order valence-corrected chi connectivity index (χ2v) is 3.58. The number of hydrogen-bond donors (Lipinski definition) is 0. The monoisotopic (exact) mass is 192 g/mol. The lowest BCUT2D eigenvalue weighted by Gasteiger charge is -2.08. The fraction of sp³-hybridized carbons (Fsp3) is 0.571. The summed E-state index contributed by atoms with van der Waals surface area (Å²) in [6, 6.07) is 0. The summed E-state index contributed by atoms with van der Waals surface area (Å²) < 4.78 is 0. The smallest absolute Gasteiger partial charge is 0.0169 e. The van der Waals surface area contributed by atoms with E-state index in [4.69, 9.17) is 0 Å². The van der Waals surface area contributed by atoms with Crippen LogP contribution in [0.15, 0.2) is 24.3 Å². The minimum absolute atomic E-state index is 0.760. The van der Waals surface area contributed by atoms with Crippen molar-refractivity contribution >= 4 is 0 Å². The van der Waals surface area contributed by atoms with Crippen molar-refractivity contribution in [3.05, 3.63) is 37.6 Å². The number of unbranched alkanes of at least 4 members (excludes halogenated alkanes) is 2. The van der Waals surface area contributed by atoms with Crippen molar-refractivity contribution in [2.45, 2.75) is 46.0 Å². The first-order valence-electron chi connectivity index (χ1n) is 5.77. The molecule has 0 heterocycles. The molecule has 0 aromatic heterocycles. The van der Waals surface area contributed by atoms with Crippen molar-refractivity contribution in [3.8, 4) is 0 Å². The van der Waals surface area contributed by atoms with Gasteiger partial charge in [-0.2, -0.15) is 0 Å². The molecule has 0 nitrogen and oxygen atoms in total. The highest BCUT2D eigenvalue weighted by Gasteiger charge is 2.00. The Morgan fingerprint density at radius 1 is 1.21 bits per heavy atom. The summed E-state index contributed by atoms with van der Waals surface area (Å²) in [5.74, 6) is 0.760. The van der Waals surface area contributed by atoms with Crippen LogP contribution >= 0.6 is 0 Å². The molecule has 0 rings (SSSR count). The van der Waals surface area contributed by atoms with Crippen molar-refractivity contribution < 1.29 is 0 Å². The third kappa shape index (κ3) is 8.10. The lowest BCUT2D eigenvalue weighted by atomic mass is 9.98. The maximum Gasteiger partial charge on any atom is -0.0169 e. The SMILES string of the molecule is [CH2]C=CCC=CC(CC)CC[CH]CC. The van der Waals surface area contributed by atoms with Crippen molar-refractivity contribution in [1.29, 1.82) is 0 Å². The Kier molecular flexibility index (Phi) is 10.2. The van der Waals surface area contributed by atoms with Crippen LogP contribution in [-0.2, 0) is 0 Å². The third-order valence-electron chi connectivity index (χ3n) is 2.40. The van der Waals surface area contributed by atoms with Gasteiger partial charge >= 0.3 is 0 Å². The molecule has 80 valence electrons. The van der Waals surface area contributed by atoms with Gasteiger partial charge in [-0.15, -0.1) is 0 Å². The predicted octanol–water partition coefficient (Wildman–Crippen LogP) is 4.74. The minimum Gasteiger partial charge on any atom is -0.0879 e. The van der Waals surface area contributed by atoms with E-state index >= 15 is 0 Å². The molecule has 0 aliphatic carbocycles. The van der Waals surface area contributed by atoms with Crippen LogP contribution in [0.5, 0.6) is 0 Å². The molecule has 0 aromatic rings. The van der Waals surface area contributed by atoms with Gasteiger partial charge in [0.1, 0.15) is 0 Å². The zero-order valence-electron chi connectivity index (χ0n) is 9.71. The molecule has 0 fully saturated rings. The third-order valence-corrected chi connectivity index (χ3v) is 2.40. The molecule has 0 N–H and O–H groups in total. The fourth-order valence-electron chi connectivity index (χ4n) is 1.42. The van der Waals surface area contributed by atoms with Gasteiger partial charge in [0.25, 0.3) is 0 Å². The van der Waals surface area contributed by atoms with Gasteiger partial charge in [0.15, 0.2) is 0 Å². The Hall–Kier alpha value is -0.520. The topological polar surface area (TPSA) is 0 Å². The first-order chi connectivity index (χ1) is 6.85. The highest BCUT2D eigenvalue weighted by atomic mass is 14.1. The Morgan fingerprint density at radius 2 is 2.00 bits per heavy atom. The first kappa shape index (κ1) is 13.5. The van der Waals surface area contributed by atoms with Gasteiger partial charge in [0, 0.05) is 0 Å². The van der Waals surface area contributed by atoms with Gasteiger partial charge in [0.2, 0.25) is 0 Å². The molecule has 2 radical (unpaired) electrons. The zero-order valence-corrected chi connectivity index (χ0v) is 9.71. The van der Waals surface area contributed by atoms with Crippen LogP contribution in [0.2, 0.25) is 0 Å². The Morgan fingerprint density at radius 3 is 2.57 bits per heavy atom. The van der Waals surface area contributed by atoms with Crippen LogP contribution in [0.1, 0.15) is 46.0 Å². The van der Waals surface area contributed by atoms with Crippen molar-refractivity contribution in [2.24, 2.45) is 5.92 Å². The molecule has 0 spiro atoms. The lowest BCUT2D eigenvalue weighted by molar-refractivity contribution is 0.563. The average Bonchev–Trinajstić information content (AvgIpc) is 2.22. The van der Waals surface area contributed by atoms with E-state index in [0.29, 0.717) is 0 Å². The summed E-state index contributed by atoms with van der Waals surface area (Å²) >= 11 is 0. The summed E-state index contributed by atoms with van der Waals surface area (Å²) in [6.45, 7) is 8.13. The van der Waals surface area contributed by atoms with E-state index in [1.807, 2.05) is 6.08 Å². The van der Waals surface area contributed by atoms with Gasteiger partial charge in [-0.05, 0) is 44.9 Å². The number of allylic oxidation sites excluding steroid dienone is 4. The zero-order chi connectivity index (χ0) is 10.6. The molecule has 0 saturated carbocycles. The largest absolute Gasteiger partial charge is 0.0879 e. The predicted molar refractivity (Wildman–Crippen MR) is 65.9 cm³/mol.